The van der Waals surface area contributed by atoms with E-state index in [-0.39, 0.29) is 16.9 Å². The summed E-state index contributed by atoms with van der Waals surface area (Å²) in [5.41, 5.74) is 8.20. The molecule has 4 aromatic rings. The van der Waals surface area contributed by atoms with Gasteiger partial charge in [0.1, 0.15) is 22.7 Å². The number of hydrogen-bond donors (Lipinski definition) is 4. The summed E-state index contributed by atoms with van der Waals surface area (Å²) in [4.78, 5) is 22.5. The van der Waals surface area contributed by atoms with Crippen molar-refractivity contribution in [1.82, 2.24) is 15.0 Å². The molecule has 0 aliphatic carbocycles. The van der Waals surface area contributed by atoms with E-state index in [1.807, 2.05) is 18.2 Å². The Labute approximate surface area is 124 Å². The van der Waals surface area contributed by atoms with Gasteiger partial charge in [-0.2, -0.15) is 0 Å². The highest BCUT2D eigenvalue weighted by molar-refractivity contribution is 5.98. The van der Waals surface area contributed by atoms with E-state index in [4.69, 9.17) is 5.73 Å². The Kier molecular flexibility index (Phi) is 2.47. The number of benzene rings is 2. The Bertz CT molecular complexity index is 1080. The lowest BCUT2D eigenvalue weighted by molar-refractivity contribution is 0.480. The van der Waals surface area contributed by atoms with Gasteiger partial charge in [-0.3, -0.25) is 4.79 Å². The smallest absolute Gasteiger partial charge is 0.261 e. The van der Waals surface area contributed by atoms with Crippen molar-refractivity contribution in [2.75, 3.05) is 5.73 Å². The van der Waals surface area contributed by atoms with Crippen LogP contribution in [-0.4, -0.2) is 20.1 Å². The average Bonchev–Trinajstić information content (AvgIpc) is 2.92. The van der Waals surface area contributed by atoms with Gasteiger partial charge in [-0.15, -0.1) is 0 Å². The van der Waals surface area contributed by atoms with Gasteiger partial charge in [0.25, 0.3) is 5.56 Å². The number of H-pyrrole nitrogens is 2. The molecule has 22 heavy (non-hydrogen) atoms. The molecule has 0 aliphatic rings. The van der Waals surface area contributed by atoms with Gasteiger partial charge >= 0.3 is 0 Å². The molecule has 0 unspecified atom stereocenters. The normalized spacial score (nSPS) is 11.3. The first-order chi connectivity index (χ1) is 10.6. The first-order valence-electron chi connectivity index (χ1n) is 6.73. The zero-order valence-electron chi connectivity index (χ0n) is 11.4. The number of fused-ring (bicyclic) bond motifs is 2. The number of nitrogens with two attached hydrogens (primary N) is 1. The van der Waals surface area contributed by atoms with E-state index in [0.717, 1.165) is 5.39 Å². The van der Waals surface area contributed by atoms with Crippen molar-refractivity contribution in [3.05, 3.63) is 52.8 Å². The third-order valence-electron chi connectivity index (χ3n) is 3.69. The molecule has 2 heterocycles. The Hall–Kier alpha value is -3.28. The van der Waals surface area contributed by atoms with Gasteiger partial charge in [0, 0.05) is 5.39 Å². The number of nitrogens with zero attached hydrogens (tertiary/aromatic N) is 1. The molecule has 5 N–H and O–H groups in total. The summed E-state index contributed by atoms with van der Waals surface area (Å²) in [5, 5.41) is 10.6. The van der Waals surface area contributed by atoms with Crippen molar-refractivity contribution < 1.29 is 5.11 Å². The van der Waals surface area contributed by atoms with Crippen molar-refractivity contribution in [2.45, 2.75) is 0 Å². The van der Waals surface area contributed by atoms with Crippen molar-refractivity contribution in [3.63, 3.8) is 0 Å². The van der Waals surface area contributed by atoms with Gasteiger partial charge in [-0.1, -0.05) is 24.3 Å². The van der Waals surface area contributed by atoms with E-state index in [2.05, 4.69) is 15.0 Å². The van der Waals surface area contributed by atoms with Crippen LogP contribution in [0.2, 0.25) is 0 Å². The summed E-state index contributed by atoms with van der Waals surface area (Å²) in [6.07, 6.45) is 0. The monoisotopic (exact) mass is 292 g/mol. The molecular weight excluding hydrogens is 280 g/mol. The predicted molar refractivity (Wildman–Crippen MR) is 85.7 cm³/mol. The van der Waals surface area contributed by atoms with Crippen LogP contribution in [0.15, 0.2) is 47.3 Å². The Morgan fingerprint density at radius 3 is 2.68 bits per heavy atom. The number of aromatic amines is 2. The van der Waals surface area contributed by atoms with Gasteiger partial charge in [0.05, 0.1) is 16.7 Å². The number of aromatic hydroxyl groups is 1. The number of nitrogens with one attached hydrogen (secondary N) is 2. The zero-order valence-corrected chi connectivity index (χ0v) is 11.4. The highest BCUT2D eigenvalue weighted by Crippen LogP contribution is 2.30. The molecule has 0 amide bonds. The third-order valence-corrected chi connectivity index (χ3v) is 3.69. The molecule has 0 atom stereocenters. The molecule has 0 bridgehead atoms. The Morgan fingerprint density at radius 1 is 1.05 bits per heavy atom. The summed E-state index contributed by atoms with van der Waals surface area (Å²) in [6, 6.07) is 12.3. The van der Waals surface area contributed by atoms with Crippen molar-refractivity contribution in [1.29, 1.82) is 0 Å². The minimum Gasteiger partial charge on any atom is -0.506 e. The molecule has 0 fully saturated rings. The average molecular weight is 292 g/mol. The number of phenolic OH excluding ortho intramolecular Hbond substituents is 1. The van der Waals surface area contributed by atoms with Crippen LogP contribution < -0.4 is 11.3 Å². The van der Waals surface area contributed by atoms with Crippen LogP contribution in [0.1, 0.15) is 0 Å². The molecule has 2 aromatic carbocycles. The lowest BCUT2D eigenvalue weighted by Gasteiger charge is -2.06. The number of nitrogen functional groups attached to an aromatic ring is 1. The van der Waals surface area contributed by atoms with Gasteiger partial charge in [-0.25, -0.2) is 4.98 Å². The van der Waals surface area contributed by atoms with Crippen LogP contribution in [0.4, 0.5) is 5.69 Å². The number of phenols is 1. The first kappa shape index (κ1) is 12.5. The summed E-state index contributed by atoms with van der Waals surface area (Å²) in [5.74, 6) is 0.410. The van der Waals surface area contributed by atoms with Gasteiger partial charge < -0.3 is 20.8 Å². The van der Waals surface area contributed by atoms with Gasteiger partial charge in [-0.05, 0) is 18.2 Å². The highest BCUT2D eigenvalue weighted by Gasteiger charge is 2.16. The maximum atomic E-state index is 12.4. The molecule has 6 heteroatoms. The molecule has 6 nitrogen and oxygen atoms in total. The second-order valence-corrected chi connectivity index (χ2v) is 5.05. The van der Waals surface area contributed by atoms with Gasteiger partial charge in [0.2, 0.25) is 0 Å². The van der Waals surface area contributed by atoms with E-state index in [1.54, 1.807) is 24.3 Å². The van der Waals surface area contributed by atoms with Crippen LogP contribution in [-0.2, 0) is 0 Å². The minimum absolute atomic E-state index is 0.0760. The van der Waals surface area contributed by atoms with E-state index in [0.29, 0.717) is 28.1 Å². The summed E-state index contributed by atoms with van der Waals surface area (Å²) in [6.45, 7) is 0. The standard InChI is InChI=1S/C16H12N4O2/c17-13-8-4-1-2-5-9(8)19-16(22)12(13)15-18-10-6-3-7-11(21)14(10)20-15/h1-7,21H,(H,18,20)(H3,17,19,22). The fraction of sp³-hybridized carbons (Fsp3) is 0. The number of aromatic nitrogens is 3. The molecule has 0 saturated heterocycles. The zero-order chi connectivity index (χ0) is 15.3. The van der Waals surface area contributed by atoms with Crippen LogP contribution in [0.5, 0.6) is 5.75 Å². The van der Waals surface area contributed by atoms with E-state index < -0.39 is 0 Å². The van der Waals surface area contributed by atoms with Crippen LogP contribution in [0.25, 0.3) is 33.3 Å². The van der Waals surface area contributed by atoms with E-state index in [9.17, 15) is 9.90 Å². The Balaban J connectivity index is 2.08. The second kappa shape index (κ2) is 4.36. The van der Waals surface area contributed by atoms with E-state index in [1.165, 1.54) is 0 Å². The van der Waals surface area contributed by atoms with Crippen LogP contribution >= 0.6 is 0 Å². The van der Waals surface area contributed by atoms with E-state index >= 15 is 0 Å². The summed E-state index contributed by atoms with van der Waals surface area (Å²) >= 11 is 0. The highest BCUT2D eigenvalue weighted by atomic mass is 16.3. The predicted octanol–water partition coefficient (Wildman–Crippen LogP) is 2.36. The minimum atomic E-state index is -0.324. The van der Waals surface area contributed by atoms with Crippen molar-refractivity contribution in [3.8, 4) is 17.1 Å². The van der Waals surface area contributed by atoms with Crippen molar-refractivity contribution in [2.24, 2.45) is 0 Å². The number of hydrogen-bond acceptors (Lipinski definition) is 4. The molecule has 4 rings (SSSR count). The Morgan fingerprint density at radius 2 is 1.86 bits per heavy atom. The number of anilines is 1. The number of rotatable bonds is 1. The first-order valence-corrected chi connectivity index (χ1v) is 6.73. The molecule has 0 spiro atoms. The lowest BCUT2D eigenvalue weighted by Crippen LogP contribution is -2.13. The SMILES string of the molecule is Nc1c(-c2nc3cccc(O)c3[nH]2)c(=O)[nH]c2ccccc12. The summed E-state index contributed by atoms with van der Waals surface area (Å²) in [7, 11) is 0. The van der Waals surface area contributed by atoms with Gasteiger partial charge in [0.15, 0.2) is 0 Å². The van der Waals surface area contributed by atoms with Crippen LogP contribution in [0.3, 0.4) is 0 Å². The largest absolute Gasteiger partial charge is 0.506 e. The fourth-order valence-corrected chi connectivity index (χ4v) is 2.64. The topological polar surface area (TPSA) is 108 Å². The molecule has 2 aromatic heterocycles. The third kappa shape index (κ3) is 1.67. The maximum absolute atomic E-state index is 12.4. The molecular formula is C16H12N4O2. The molecule has 0 saturated carbocycles. The molecule has 108 valence electrons. The second-order valence-electron chi connectivity index (χ2n) is 5.05. The number of para-hydroxylation sites is 2. The number of imidazole rings is 1. The summed E-state index contributed by atoms with van der Waals surface area (Å²) < 4.78 is 0. The molecule has 0 aliphatic heterocycles. The molecule has 0 radical (unpaired) electrons. The quantitative estimate of drug-likeness (QED) is 0.432. The van der Waals surface area contributed by atoms with Crippen LogP contribution in [0, 0.1) is 0 Å². The van der Waals surface area contributed by atoms with Crippen molar-refractivity contribution >= 4 is 27.6 Å². The fourth-order valence-electron chi connectivity index (χ4n) is 2.64. The maximum Gasteiger partial charge on any atom is 0.261 e. The lowest BCUT2D eigenvalue weighted by atomic mass is 10.1. The number of pyridine rings is 1.